The zero-order valence-electron chi connectivity index (χ0n) is 10.1. The molecule has 1 rings (SSSR count). The highest BCUT2D eigenvalue weighted by Crippen LogP contribution is 2.20. The third kappa shape index (κ3) is 5.43. The van der Waals surface area contributed by atoms with Crippen LogP contribution in [-0.2, 0) is 6.42 Å². The van der Waals surface area contributed by atoms with Crippen LogP contribution in [0.15, 0.2) is 15.9 Å². The van der Waals surface area contributed by atoms with Gasteiger partial charge in [0, 0.05) is 14.7 Å². The Morgan fingerprint density at radius 2 is 2.19 bits per heavy atom. The molecule has 1 aromatic rings. The van der Waals surface area contributed by atoms with Crippen molar-refractivity contribution in [3.8, 4) is 0 Å². The van der Waals surface area contributed by atoms with Crippen molar-refractivity contribution in [1.29, 1.82) is 0 Å². The monoisotopic (exact) mass is 304 g/mol. The predicted octanol–water partition coefficient (Wildman–Crippen LogP) is 3.02. The summed E-state index contributed by atoms with van der Waals surface area (Å²) in [4.78, 5) is 1.43. The standard InChI is InChI=1S/C12H21BrN2S/c1-12(2,9-14)4-6-15-5-3-11-7-10(13)8-16-11/h7-8,15H,3-6,9,14H2,1-2H3. The third-order valence-electron chi connectivity index (χ3n) is 2.70. The fourth-order valence-electron chi connectivity index (χ4n) is 1.35. The second-order valence-corrected chi connectivity index (χ2v) is 6.76. The summed E-state index contributed by atoms with van der Waals surface area (Å²) in [5.41, 5.74) is 5.95. The van der Waals surface area contributed by atoms with Crippen LogP contribution in [0, 0.1) is 5.41 Å². The fraction of sp³-hybridized carbons (Fsp3) is 0.667. The van der Waals surface area contributed by atoms with Crippen LogP contribution in [-0.4, -0.2) is 19.6 Å². The van der Waals surface area contributed by atoms with Gasteiger partial charge in [0.1, 0.15) is 0 Å². The Kier molecular flexibility index (Phi) is 5.97. The number of hydrogen-bond acceptors (Lipinski definition) is 3. The highest BCUT2D eigenvalue weighted by molar-refractivity contribution is 9.10. The molecular formula is C12H21BrN2S. The van der Waals surface area contributed by atoms with E-state index in [9.17, 15) is 0 Å². The van der Waals surface area contributed by atoms with E-state index in [4.69, 9.17) is 5.73 Å². The van der Waals surface area contributed by atoms with E-state index in [1.807, 2.05) is 11.3 Å². The maximum absolute atomic E-state index is 5.68. The molecule has 1 aromatic heterocycles. The van der Waals surface area contributed by atoms with Crippen molar-refractivity contribution in [2.75, 3.05) is 19.6 Å². The SMILES string of the molecule is CC(C)(CN)CCNCCc1cc(Br)cs1. The second kappa shape index (κ2) is 6.74. The summed E-state index contributed by atoms with van der Waals surface area (Å²) in [5, 5.41) is 5.60. The molecule has 0 amide bonds. The van der Waals surface area contributed by atoms with Crippen molar-refractivity contribution in [1.82, 2.24) is 5.32 Å². The van der Waals surface area contributed by atoms with Gasteiger partial charge in [0.15, 0.2) is 0 Å². The number of nitrogens with two attached hydrogens (primary N) is 1. The molecule has 0 fully saturated rings. The average Bonchev–Trinajstić information content (AvgIpc) is 2.64. The molecular weight excluding hydrogens is 284 g/mol. The van der Waals surface area contributed by atoms with Crippen molar-refractivity contribution < 1.29 is 0 Å². The van der Waals surface area contributed by atoms with Crippen LogP contribution in [0.3, 0.4) is 0 Å². The first-order valence-electron chi connectivity index (χ1n) is 5.67. The Balaban J connectivity index is 2.08. The van der Waals surface area contributed by atoms with Crippen molar-refractivity contribution in [3.05, 3.63) is 20.8 Å². The number of halogens is 1. The fourth-order valence-corrected chi connectivity index (χ4v) is 2.81. The third-order valence-corrected chi connectivity index (χ3v) is 4.46. The zero-order valence-corrected chi connectivity index (χ0v) is 12.5. The van der Waals surface area contributed by atoms with E-state index in [0.29, 0.717) is 0 Å². The lowest BCUT2D eigenvalue weighted by atomic mass is 9.90. The summed E-state index contributed by atoms with van der Waals surface area (Å²) in [6.45, 7) is 7.28. The lowest BCUT2D eigenvalue weighted by Crippen LogP contribution is -2.29. The predicted molar refractivity (Wildman–Crippen MR) is 76.0 cm³/mol. The van der Waals surface area contributed by atoms with Crippen LogP contribution in [0.25, 0.3) is 0 Å². The summed E-state index contributed by atoms with van der Waals surface area (Å²) in [6, 6.07) is 2.19. The Bertz CT molecular complexity index is 310. The largest absolute Gasteiger partial charge is 0.330 e. The van der Waals surface area contributed by atoms with E-state index in [-0.39, 0.29) is 5.41 Å². The second-order valence-electron chi connectivity index (χ2n) is 4.85. The van der Waals surface area contributed by atoms with Gasteiger partial charge in [-0.05, 0) is 59.9 Å². The van der Waals surface area contributed by atoms with Crippen LogP contribution >= 0.6 is 27.3 Å². The van der Waals surface area contributed by atoms with Gasteiger partial charge in [-0.25, -0.2) is 0 Å². The van der Waals surface area contributed by atoms with Crippen LogP contribution < -0.4 is 11.1 Å². The molecule has 0 aliphatic heterocycles. The van der Waals surface area contributed by atoms with Crippen molar-refractivity contribution in [2.45, 2.75) is 26.7 Å². The van der Waals surface area contributed by atoms with Gasteiger partial charge < -0.3 is 11.1 Å². The van der Waals surface area contributed by atoms with Gasteiger partial charge in [-0.1, -0.05) is 13.8 Å². The van der Waals surface area contributed by atoms with Crippen LogP contribution in [0.5, 0.6) is 0 Å². The minimum Gasteiger partial charge on any atom is -0.330 e. The van der Waals surface area contributed by atoms with Crippen LogP contribution in [0.1, 0.15) is 25.1 Å². The summed E-state index contributed by atoms with van der Waals surface area (Å²) >= 11 is 5.28. The molecule has 0 radical (unpaired) electrons. The first kappa shape index (κ1) is 14.2. The van der Waals surface area contributed by atoms with Gasteiger partial charge in [-0.2, -0.15) is 0 Å². The van der Waals surface area contributed by atoms with Gasteiger partial charge in [0.2, 0.25) is 0 Å². The first-order chi connectivity index (χ1) is 7.53. The Morgan fingerprint density at radius 3 is 2.75 bits per heavy atom. The van der Waals surface area contributed by atoms with Gasteiger partial charge >= 0.3 is 0 Å². The summed E-state index contributed by atoms with van der Waals surface area (Å²) in [6.07, 6.45) is 2.25. The van der Waals surface area contributed by atoms with E-state index in [0.717, 1.165) is 32.5 Å². The van der Waals surface area contributed by atoms with E-state index >= 15 is 0 Å². The van der Waals surface area contributed by atoms with Crippen molar-refractivity contribution >= 4 is 27.3 Å². The van der Waals surface area contributed by atoms with Gasteiger partial charge in [0.05, 0.1) is 0 Å². The van der Waals surface area contributed by atoms with Crippen molar-refractivity contribution in [2.24, 2.45) is 11.1 Å². The van der Waals surface area contributed by atoms with E-state index in [1.54, 1.807) is 0 Å². The smallest absolute Gasteiger partial charge is 0.0285 e. The van der Waals surface area contributed by atoms with E-state index < -0.39 is 0 Å². The number of nitrogens with one attached hydrogen (secondary N) is 1. The molecule has 3 N–H and O–H groups in total. The number of thiophene rings is 1. The molecule has 0 aliphatic carbocycles. The molecule has 0 unspecified atom stereocenters. The molecule has 92 valence electrons. The van der Waals surface area contributed by atoms with Gasteiger partial charge in [-0.15, -0.1) is 11.3 Å². The summed E-state index contributed by atoms with van der Waals surface area (Å²) < 4.78 is 1.19. The topological polar surface area (TPSA) is 38.0 Å². The number of rotatable bonds is 7. The first-order valence-corrected chi connectivity index (χ1v) is 7.34. The molecule has 4 heteroatoms. The molecule has 16 heavy (non-hydrogen) atoms. The maximum atomic E-state index is 5.68. The molecule has 1 heterocycles. The molecule has 0 saturated heterocycles. The number of hydrogen-bond donors (Lipinski definition) is 2. The Labute approximate surface area is 111 Å². The molecule has 2 nitrogen and oxygen atoms in total. The maximum Gasteiger partial charge on any atom is 0.0285 e. The van der Waals surface area contributed by atoms with Crippen LogP contribution in [0.4, 0.5) is 0 Å². The molecule has 0 aromatic carbocycles. The molecule has 0 atom stereocenters. The lowest BCUT2D eigenvalue weighted by molar-refractivity contribution is 0.340. The molecule has 0 spiro atoms. The Morgan fingerprint density at radius 1 is 1.44 bits per heavy atom. The lowest BCUT2D eigenvalue weighted by Gasteiger charge is -2.22. The summed E-state index contributed by atoms with van der Waals surface area (Å²) in [5.74, 6) is 0. The van der Waals surface area contributed by atoms with E-state index in [2.05, 4.69) is 46.5 Å². The average molecular weight is 305 g/mol. The van der Waals surface area contributed by atoms with E-state index in [1.165, 1.54) is 9.35 Å². The normalized spacial score (nSPS) is 12.0. The quantitative estimate of drug-likeness (QED) is 0.760. The molecule has 0 aliphatic rings. The minimum atomic E-state index is 0.263. The van der Waals surface area contributed by atoms with Gasteiger partial charge in [-0.3, -0.25) is 0 Å². The van der Waals surface area contributed by atoms with Crippen molar-refractivity contribution in [3.63, 3.8) is 0 Å². The zero-order chi connectivity index (χ0) is 12.0. The highest BCUT2D eigenvalue weighted by atomic mass is 79.9. The van der Waals surface area contributed by atoms with Crippen LogP contribution in [0.2, 0.25) is 0 Å². The summed E-state index contributed by atoms with van der Waals surface area (Å²) in [7, 11) is 0. The molecule has 0 saturated carbocycles. The van der Waals surface area contributed by atoms with Gasteiger partial charge in [0.25, 0.3) is 0 Å². The Hall–Kier alpha value is 0.1000. The highest BCUT2D eigenvalue weighted by Gasteiger charge is 2.14. The minimum absolute atomic E-state index is 0.263. The molecule has 0 bridgehead atoms.